The Morgan fingerprint density at radius 3 is 2.64 bits per heavy atom. The average Bonchev–Trinajstić information content (AvgIpc) is 2.84. The molecular formula is C23H22N6O7. The van der Waals surface area contributed by atoms with Crippen molar-refractivity contribution >= 4 is 40.6 Å². The third kappa shape index (κ3) is 5.09. The van der Waals surface area contributed by atoms with E-state index in [9.17, 15) is 24.5 Å². The van der Waals surface area contributed by atoms with Crippen LogP contribution in [0.4, 0.5) is 28.8 Å². The first-order valence-corrected chi connectivity index (χ1v) is 10.9. The van der Waals surface area contributed by atoms with Crippen LogP contribution in [0, 0.1) is 10.1 Å². The number of non-ortho nitro benzene ring substituents is 1. The second-order valence-electron chi connectivity index (χ2n) is 7.70. The van der Waals surface area contributed by atoms with Crippen molar-refractivity contribution in [3.8, 4) is 11.5 Å². The molecule has 186 valence electrons. The van der Waals surface area contributed by atoms with Gasteiger partial charge in [-0.3, -0.25) is 29.5 Å². The average molecular weight is 494 g/mol. The summed E-state index contributed by atoms with van der Waals surface area (Å²) in [6, 6.07) is 10.6. The summed E-state index contributed by atoms with van der Waals surface area (Å²) in [5, 5.41) is 19.2. The molecule has 13 nitrogen and oxygen atoms in total. The van der Waals surface area contributed by atoms with Crippen LogP contribution in [-0.4, -0.2) is 40.4 Å². The van der Waals surface area contributed by atoms with Gasteiger partial charge in [0.2, 0.25) is 17.8 Å². The molecule has 1 aliphatic rings. The number of nitrogens with one attached hydrogen (secondary N) is 4. The molecule has 0 unspecified atom stereocenters. The van der Waals surface area contributed by atoms with Gasteiger partial charge in [-0.1, -0.05) is 0 Å². The monoisotopic (exact) mass is 494 g/mol. The van der Waals surface area contributed by atoms with E-state index in [0.717, 1.165) is 0 Å². The zero-order valence-corrected chi connectivity index (χ0v) is 19.3. The number of rotatable bonds is 8. The first-order chi connectivity index (χ1) is 17.3. The number of fused-ring (bicyclic) bond motifs is 1. The molecule has 0 bridgehead atoms. The fourth-order valence-corrected chi connectivity index (χ4v) is 3.69. The highest BCUT2D eigenvalue weighted by atomic mass is 16.6. The highest BCUT2D eigenvalue weighted by molar-refractivity contribution is 6.05. The summed E-state index contributed by atoms with van der Waals surface area (Å²) in [7, 11) is 1.54. The number of ether oxygens (including phenoxy) is 2. The van der Waals surface area contributed by atoms with Gasteiger partial charge in [-0.25, -0.2) is 0 Å². The Morgan fingerprint density at radius 2 is 1.97 bits per heavy atom. The summed E-state index contributed by atoms with van der Waals surface area (Å²) in [6.07, 6.45) is -0.286. The lowest BCUT2D eigenvalue weighted by atomic mass is 9.92. The molecule has 2 amide bonds. The van der Waals surface area contributed by atoms with Crippen LogP contribution in [0.15, 0.2) is 47.3 Å². The third-order valence-corrected chi connectivity index (χ3v) is 5.35. The van der Waals surface area contributed by atoms with E-state index >= 15 is 0 Å². The number of H-pyrrole nitrogens is 1. The number of anilines is 4. The number of hydrogen-bond acceptors (Lipinski definition) is 9. The van der Waals surface area contributed by atoms with E-state index in [0.29, 0.717) is 11.4 Å². The molecule has 0 spiro atoms. The van der Waals surface area contributed by atoms with E-state index in [1.165, 1.54) is 18.2 Å². The van der Waals surface area contributed by atoms with Gasteiger partial charge in [0.05, 0.1) is 41.9 Å². The van der Waals surface area contributed by atoms with E-state index in [4.69, 9.17) is 9.47 Å². The number of aromatic nitrogens is 2. The molecule has 2 aromatic carbocycles. The summed E-state index contributed by atoms with van der Waals surface area (Å²) in [6.45, 7) is 1.89. The number of nitrogens with zero attached hydrogens (tertiary/aromatic N) is 2. The first-order valence-electron chi connectivity index (χ1n) is 10.9. The van der Waals surface area contributed by atoms with Crippen molar-refractivity contribution in [2.24, 2.45) is 0 Å². The topological polar surface area (TPSA) is 178 Å². The summed E-state index contributed by atoms with van der Waals surface area (Å²) in [4.78, 5) is 55.8. The number of hydrogen-bond donors (Lipinski definition) is 4. The number of nitro benzene ring substituents is 1. The van der Waals surface area contributed by atoms with Crippen LogP contribution >= 0.6 is 0 Å². The van der Waals surface area contributed by atoms with Crippen LogP contribution in [-0.2, 0) is 9.59 Å². The normalized spacial score (nSPS) is 14.3. The second-order valence-corrected chi connectivity index (χ2v) is 7.70. The zero-order valence-electron chi connectivity index (χ0n) is 19.3. The molecular weight excluding hydrogens is 472 g/mol. The van der Waals surface area contributed by atoms with Gasteiger partial charge in [0.25, 0.3) is 11.2 Å². The highest BCUT2D eigenvalue weighted by Gasteiger charge is 2.35. The van der Waals surface area contributed by atoms with Crippen molar-refractivity contribution in [1.82, 2.24) is 9.97 Å². The summed E-state index contributed by atoms with van der Waals surface area (Å²) in [5.74, 6) is -1.54. The van der Waals surface area contributed by atoms with Crippen LogP contribution in [0.1, 0.15) is 24.8 Å². The van der Waals surface area contributed by atoms with Crippen LogP contribution in [0.5, 0.6) is 11.5 Å². The van der Waals surface area contributed by atoms with E-state index in [-0.39, 0.29) is 47.5 Å². The maximum absolute atomic E-state index is 13.2. The van der Waals surface area contributed by atoms with Crippen LogP contribution in [0.25, 0.3) is 0 Å². The van der Waals surface area contributed by atoms with E-state index in [1.54, 1.807) is 38.3 Å². The Labute approximate surface area is 204 Å². The van der Waals surface area contributed by atoms with Crippen LogP contribution in [0.2, 0.25) is 0 Å². The van der Waals surface area contributed by atoms with Gasteiger partial charge in [0, 0.05) is 18.2 Å². The van der Waals surface area contributed by atoms with Crippen molar-refractivity contribution in [3.05, 3.63) is 68.5 Å². The molecule has 4 N–H and O–H groups in total. The van der Waals surface area contributed by atoms with Gasteiger partial charge in [0.1, 0.15) is 17.3 Å². The Morgan fingerprint density at radius 1 is 1.22 bits per heavy atom. The van der Waals surface area contributed by atoms with Crippen molar-refractivity contribution < 1.29 is 24.0 Å². The van der Waals surface area contributed by atoms with Crippen molar-refractivity contribution in [1.29, 1.82) is 0 Å². The fraction of sp³-hybridized carbons (Fsp3) is 0.217. The van der Waals surface area contributed by atoms with Gasteiger partial charge >= 0.3 is 0 Å². The number of carbonyl (C=O) groups excluding carboxylic acids is 2. The molecule has 0 fully saturated rings. The van der Waals surface area contributed by atoms with E-state index < -0.39 is 28.2 Å². The summed E-state index contributed by atoms with van der Waals surface area (Å²) in [5.41, 5.74) is -0.0485. The van der Waals surface area contributed by atoms with Gasteiger partial charge in [0.15, 0.2) is 0 Å². The van der Waals surface area contributed by atoms with E-state index in [1.807, 2.05) is 0 Å². The molecule has 1 aliphatic heterocycles. The molecule has 0 radical (unpaired) electrons. The minimum atomic E-state index is -1.15. The summed E-state index contributed by atoms with van der Waals surface area (Å²) < 4.78 is 10.5. The van der Waals surface area contributed by atoms with Gasteiger partial charge in [-0.2, -0.15) is 4.98 Å². The standard InChI is InChI=1S/C23H22N6O7/c1-3-36-17-10-13(29(33)34)6-9-16(17)25-21(31)15-11-18(30)26-20-19(15)22(32)28-23(27-20)24-12-4-7-14(35-2)8-5-12/h4-10,15H,3,11H2,1-2H3,(H,25,31)(H3,24,26,27,28,30,32)/t15-/m0/s1. The van der Waals surface area contributed by atoms with Crippen molar-refractivity contribution in [2.75, 3.05) is 29.7 Å². The molecule has 0 aliphatic carbocycles. The first kappa shape index (κ1) is 24.2. The predicted molar refractivity (Wildman–Crippen MR) is 130 cm³/mol. The Hall–Kier alpha value is -4.94. The fourth-order valence-electron chi connectivity index (χ4n) is 3.69. The minimum absolute atomic E-state index is 0.00717. The highest BCUT2D eigenvalue weighted by Crippen LogP contribution is 2.33. The third-order valence-electron chi connectivity index (χ3n) is 5.35. The lowest BCUT2D eigenvalue weighted by molar-refractivity contribution is -0.384. The Balaban J connectivity index is 1.62. The predicted octanol–water partition coefficient (Wildman–Crippen LogP) is 2.89. The largest absolute Gasteiger partial charge is 0.497 e. The van der Waals surface area contributed by atoms with Gasteiger partial charge < -0.3 is 25.4 Å². The molecule has 3 aromatic rings. The number of methoxy groups -OCH3 is 1. The van der Waals surface area contributed by atoms with Crippen molar-refractivity contribution in [3.63, 3.8) is 0 Å². The minimum Gasteiger partial charge on any atom is -0.497 e. The molecule has 0 saturated carbocycles. The zero-order chi connectivity index (χ0) is 25.8. The van der Waals surface area contributed by atoms with Crippen molar-refractivity contribution in [2.45, 2.75) is 19.3 Å². The molecule has 1 aromatic heterocycles. The Kier molecular flexibility index (Phi) is 6.81. The number of amides is 2. The number of aromatic amines is 1. The quantitative estimate of drug-likeness (QED) is 0.271. The second kappa shape index (κ2) is 10.1. The maximum Gasteiger partial charge on any atom is 0.273 e. The molecule has 4 rings (SSSR count). The van der Waals surface area contributed by atoms with E-state index in [2.05, 4.69) is 25.9 Å². The smallest absolute Gasteiger partial charge is 0.273 e. The number of nitro groups is 1. The van der Waals surface area contributed by atoms with Crippen LogP contribution < -0.4 is 31.0 Å². The molecule has 1 atom stereocenters. The van der Waals surface area contributed by atoms with Crippen LogP contribution in [0.3, 0.4) is 0 Å². The maximum atomic E-state index is 13.2. The molecule has 13 heteroatoms. The number of carbonyl (C=O) groups is 2. The summed E-state index contributed by atoms with van der Waals surface area (Å²) >= 11 is 0. The molecule has 36 heavy (non-hydrogen) atoms. The Bertz CT molecular complexity index is 1390. The SMILES string of the molecule is CCOc1cc([N+](=O)[O-])ccc1NC(=O)[C@H]1CC(=O)Nc2nc(Nc3ccc(OC)cc3)[nH]c(=O)c21. The van der Waals surface area contributed by atoms with Gasteiger partial charge in [-0.05, 0) is 37.3 Å². The lowest BCUT2D eigenvalue weighted by Crippen LogP contribution is -2.36. The molecule has 2 heterocycles. The molecule has 0 saturated heterocycles. The van der Waals surface area contributed by atoms with Gasteiger partial charge in [-0.15, -0.1) is 0 Å². The lowest BCUT2D eigenvalue weighted by Gasteiger charge is -2.24. The number of benzene rings is 2.